The van der Waals surface area contributed by atoms with Crippen molar-refractivity contribution < 1.29 is 25.4 Å². The summed E-state index contributed by atoms with van der Waals surface area (Å²) in [6.07, 6.45) is 6.21. The predicted molar refractivity (Wildman–Crippen MR) is 188 cm³/mol. The van der Waals surface area contributed by atoms with Gasteiger partial charge in [-0.15, -0.1) is 0 Å². The number of hydrogen-bond donors (Lipinski definition) is 5. The molecule has 0 aliphatic heterocycles. The van der Waals surface area contributed by atoms with Crippen LogP contribution in [0.5, 0.6) is 0 Å². The highest BCUT2D eigenvalue weighted by atomic mass is 80.0. The summed E-state index contributed by atoms with van der Waals surface area (Å²) in [5.74, 6) is 0.851. The molecule has 0 saturated heterocycles. The lowest BCUT2D eigenvalue weighted by Crippen LogP contribution is -2.32. The highest BCUT2D eigenvalue weighted by molar-refractivity contribution is 9.93. The Morgan fingerprint density at radius 2 is 1.12 bits per heavy atom. The van der Waals surface area contributed by atoms with Gasteiger partial charge in [0.25, 0.3) is 0 Å². The first-order valence-corrected chi connectivity index (χ1v) is 20.7. The Kier molecular flexibility index (Phi) is 28.5. The van der Waals surface area contributed by atoms with Crippen molar-refractivity contribution in [1.29, 1.82) is 0 Å². The lowest BCUT2D eigenvalue weighted by atomic mass is 10.5. The van der Waals surface area contributed by atoms with E-state index in [-0.39, 0.29) is 20.8 Å². The molecule has 0 bridgehead atoms. The number of nitrogens with zero attached hydrogens (tertiary/aromatic N) is 4. The van der Waals surface area contributed by atoms with E-state index in [4.69, 9.17) is 45.1 Å². The summed E-state index contributed by atoms with van der Waals surface area (Å²) in [5, 5.41) is 18.4. The number of nitrogens with two attached hydrogens (primary N) is 2. The van der Waals surface area contributed by atoms with Gasteiger partial charge in [0.05, 0.1) is 0 Å². The van der Waals surface area contributed by atoms with Gasteiger partial charge in [0.2, 0.25) is 6.20 Å². The minimum atomic E-state index is -0.183. The minimum absolute atomic E-state index is 0. The van der Waals surface area contributed by atoms with Crippen LogP contribution in [0.2, 0.25) is 10.3 Å². The topological polar surface area (TPSA) is 193 Å². The first kappa shape index (κ1) is 44.5. The number of pyridine rings is 4. The van der Waals surface area contributed by atoms with Crippen LogP contribution in [0.25, 0.3) is 0 Å². The van der Waals surface area contributed by atoms with E-state index in [1.54, 1.807) is 48.8 Å². The average Bonchev–Trinajstić information content (AvgIpc) is 2.80. The van der Waals surface area contributed by atoms with Crippen molar-refractivity contribution in [3.8, 4) is 0 Å². The zero-order valence-corrected chi connectivity index (χ0v) is 33.3. The zero-order chi connectivity index (χ0) is 29.3. The molecular weight excluding hydrogens is 1050 g/mol. The number of rotatable bonds is 0. The third-order valence-electron chi connectivity index (χ3n) is 3.21. The molecule has 4 aromatic rings. The summed E-state index contributed by atoms with van der Waals surface area (Å²) >= 11 is 33.4. The summed E-state index contributed by atoms with van der Waals surface area (Å²) in [4.78, 5) is 7.56. The molecule has 4 aromatic heterocycles. The van der Waals surface area contributed by atoms with Gasteiger partial charge in [-0.25, -0.2) is 9.97 Å². The largest absolute Gasteiger partial charge is 0.412 e. The molecule has 0 saturated carbocycles. The van der Waals surface area contributed by atoms with Crippen LogP contribution in [-0.4, -0.2) is 25.9 Å². The summed E-state index contributed by atoms with van der Waals surface area (Å²) in [6, 6.07) is 13.7. The fourth-order valence-corrected chi connectivity index (χ4v) is 3.71. The van der Waals surface area contributed by atoms with E-state index in [1.807, 2.05) is 12.1 Å². The smallest absolute Gasteiger partial charge is 0.326 e. The molecule has 0 aromatic carbocycles. The van der Waals surface area contributed by atoms with Crippen LogP contribution in [-0.2, 0) is 0 Å². The number of aromatic nitrogens is 4. The number of nitrogen functional groups attached to an aromatic ring is 2. The van der Waals surface area contributed by atoms with Crippen LogP contribution in [0.1, 0.15) is 0 Å². The Balaban J connectivity index is -0.000000431. The minimum Gasteiger partial charge on any atom is -0.412 e. The molecular formula is C20H23Br7Cl2N7O3P+2. The van der Waals surface area contributed by atoms with E-state index in [0.29, 0.717) is 16.8 Å². The van der Waals surface area contributed by atoms with Crippen molar-refractivity contribution in [3.63, 3.8) is 0 Å². The van der Waals surface area contributed by atoms with Crippen LogP contribution >= 0.6 is 137 Å². The summed E-state index contributed by atoms with van der Waals surface area (Å²) in [7, 11) is 0. The van der Waals surface area contributed by atoms with Gasteiger partial charge < -0.3 is 22.6 Å². The lowest BCUT2D eigenvalue weighted by Gasteiger charge is -1.90. The molecule has 222 valence electrons. The van der Waals surface area contributed by atoms with Gasteiger partial charge in [-0.1, -0.05) is 80.1 Å². The Morgan fingerprint density at radius 1 is 0.700 bits per heavy atom. The van der Waals surface area contributed by atoms with Gasteiger partial charge in [0.1, 0.15) is 21.2 Å². The monoisotopic (exact) mass is 1060 g/mol. The highest BCUT2D eigenvalue weighted by Crippen LogP contribution is 2.59. The standard InChI is InChI=1S/C5H4BrClNO.C5H3BrClN.C5H5BrN2O.C5H5BrN2.Br3P.H3N.H2O/c6-4-1-2-8(9)5(7)3-4;6-4-1-2-8-5(7)3-4;6-4-1-2-8(9)5(7)3-4;6-4-1-2-8-5(7)3-4;1-4(2)3;;/h1-3,9H;1-3H;1-3,7,9H;1-3H,(H2,7,8);;1H3;1H2/q+1;;;;;;/p+1. The molecule has 0 aliphatic rings. The summed E-state index contributed by atoms with van der Waals surface area (Å²) in [5.41, 5.74) is 10.6. The number of hydrogen-bond acceptors (Lipinski definition) is 7. The molecule has 0 atom stereocenters. The van der Waals surface area contributed by atoms with Crippen molar-refractivity contribution in [2.24, 2.45) is 0 Å². The molecule has 4 heterocycles. The average molecular weight is 1070 g/mol. The number of anilines is 2. The quantitative estimate of drug-likeness (QED) is 0.0503. The highest BCUT2D eigenvalue weighted by Gasteiger charge is 2.04. The molecule has 0 aliphatic carbocycles. The Labute approximate surface area is 300 Å². The normalized spacial score (nSPS) is 8.85. The van der Waals surface area contributed by atoms with E-state index in [2.05, 4.69) is 120 Å². The van der Waals surface area contributed by atoms with Gasteiger partial charge >= 0.3 is 11.0 Å². The molecule has 0 radical (unpaired) electrons. The van der Waals surface area contributed by atoms with Crippen molar-refractivity contribution in [2.75, 3.05) is 11.5 Å². The van der Waals surface area contributed by atoms with Crippen LogP contribution in [0.3, 0.4) is 0 Å². The maximum atomic E-state index is 8.81. The molecule has 0 unspecified atom stereocenters. The fraction of sp³-hybridized carbons (Fsp3) is 0. The maximum absolute atomic E-state index is 8.81. The second-order valence-corrected chi connectivity index (χ2v) is 25.8. The summed E-state index contributed by atoms with van der Waals surface area (Å²) in [6.45, 7) is 0. The summed E-state index contributed by atoms with van der Waals surface area (Å²) < 4.78 is 5.12. The maximum Gasteiger partial charge on any atom is 0.326 e. The van der Waals surface area contributed by atoms with Crippen LogP contribution < -0.4 is 27.1 Å². The predicted octanol–water partition coefficient (Wildman–Crippen LogP) is 8.84. The third-order valence-corrected chi connectivity index (χ3v) is 5.67. The van der Waals surface area contributed by atoms with Crippen molar-refractivity contribution in [2.45, 2.75) is 0 Å². The van der Waals surface area contributed by atoms with Crippen LogP contribution in [0.15, 0.2) is 91.2 Å². The molecule has 11 N–H and O–H groups in total. The van der Waals surface area contributed by atoms with E-state index < -0.39 is 0 Å². The van der Waals surface area contributed by atoms with E-state index in [9.17, 15) is 0 Å². The second-order valence-electron chi connectivity index (χ2n) is 6.01. The SMILES string of the molecule is BrP(Br)Br.Clc1cc(Br)ccn1.N.Nc1cc(Br)cc[n+]1O.Nc1cc(Br)ccn1.O.O[n+]1ccc(Br)cc1Cl. The molecule has 0 amide bonds. The molecule has 0 fully saturated rings. The Hall–Kier alpha value is 0.0900. The molecule has 40 heavy (non-hydrogen) atoms. The first-order valence-electron chi connectivity index (χ1n) is 9.34. The van der Waals surface area contributed by atoms with Gasteiger partial charge in [-0.3, -0.25) is 10.9 Å². The number of halogens is 9. The van der Waals surface area contributed by atoms with E-state index in [0.717, 1.165) is 27.4 Å². The van der Waals surface area contributed by atoms with Crippen molar-refractivity contribution >= 4 is 149 Å². The first-order chi connectivity index (χ1) is 17.7. The molecule has 4 rings (SSSR count). The third kappa shape index (κ3) is 24.7. The Morgan fingerprint density at radius 3 is 1.43 bits per heavy atom. The zero-order valence-electron chi connectivity index (χ0n) is 19.8. The van der Waals surface area contributed by atoms with Gasteiger partial charge in [-0.05, 0) is 88.4 Å². The van der Waals surface area contributed by atoms with E-state index >= 15 is 0 Å². The second kappa shape index (κ2) is 25.6. The molecule has 10 nitrogen and oxygen atoms in total. The van der Waals surface area contributed by atoms with Crippen LogP contribution in [0.4, 0.5) is 11.6 Å². The van der Waals surface area contributed by atoms with Gasteiger partial charge in [-0.2, -0.15) is 0 Å². The fourth-order valence-electron chi connectivity index (χ4n) is 1.72. The Bertz CT molecular complexity index is 1140. The van der Waals surface area contributed by atoms with Crippen molar-refractivity contribution in [1.82, 2.24) is 16.1 Å². The van der Waals surface area contributed by atoms with Gasteiger partial charge in [0.15, 0.2) is 0 Å². The van der Waals surface area contributed by atoms with Crippen LogP contribution in [0, 0.1) is 0 Å². The molecule has 0 spiro atoms. The molecule has 20 heteroatoms. The van der Waals surface area contributed by atoms with E-state index in [1.165, 1.54) is 12.4 Å². The van der Waals surface area contributed by atoms with Gasteiger partial charge in [0, 0.05) is 53.2 Å². The lowest BCUT2D eigenvalue weighted by molar-refractivity contribution is -0.903. The van der Waals surface area contributed by atoms with Crippen molar-refractivity contribution in [3.05, 3.63) is 102 Å².